The van der Waals surface area contributed by atoms with Gasteiger partial charge in [0.05, 0.1) is 11.1 Å². The van der Waals surface area contributed by atoms with E-state index in [4.69, 9.17) is 0 Å². The SMILES string of the molecule is CSC(C)(C)Cn1c(C2CC2)nc2c(C(=O)O)cccc21. The largest absolute Gasteiger partial charge is 0.478 e. The smallest absolute Gasteiger partial charge is 0.337 e. The molecule has 0 radical (unpaired) electrons. The molecule has 1 aliphatic rings. The number of thioether (sulfide) groups is 1. The zero-order chi connectivity index (χ0) is 15.2. The van der Waals surface area contributed by atoms with Gasteiger partial charge in [-0.15, -0.1) is 0 Å². The lowest BCUT2D eigenvalue weighted by Crippen LogP contribution is -2.23. The number of hydrogen-bond acceptors (Lipinski definition) is 3. The Balaban J connectivity index is 2.18. The number of nitrogens with zero attached hydrogens (tertiary/aromatic N) is 2. The fourth-order valence-electron chi connectivity index (χ4n) is 2.60. The van der Waals surface area contributed by atoms with E-state index in [9.17, 15) is 9.90 Å². The van der Waals surface area contributed by atoms with Crippen LogP contribution in [0.3, 0.4) is 0 Å². The number of aromatic nitrogens is 2. The summed E-state index contributed by atoms with van der Waals surface area (Å²) < 4.78 is 2.33. The highest BCUT2D eigenvalue weighted by atomic mass is 32.2. The maximum atomic E-state index is 11.4. The second kappa shape index (κ2) is 5.05. The summed E-state index contributed by atoms with van der Waals surface area (Å²) in [6.45, 7) is 5.27. The number of para-hydroxylation sites is 1. The van der Waals surface area contributed by atoms with E-state index < -0.39 is 5.97 Å². The second-order valence-corrected chi connectivity index (χ2v) is 7.79. The number of aromatic carboxylic acids is 1. The molecule has 3 rings (SSSR count). The average Bonchev–Trinajstić information content (AvgIpc) is 3.22. The quantitative estimate of drug-likeness (QED) is 0.914. The van der Waals surface area contributed by atoms with Crippen LogP contribution in [0, 0.1) is 0 Å². The van der Waals surface area contributed by atoms with Crippen molar-refractivity contribution < 1.29 is 9.90 Å². The summed E-state index contributed by atoms with van der Waals surface area (Å²) in [5.41, 5.74) is 1.87. The van der Waals surface area contributed by atoms with Gasteiger partial charge in [-0.1, -0.05) is 6.07 Å². The Bertz CT molecular complexity index is 702. The second-order valence-electron chi connectivity index (χ2n) is 6.27. The molecule has 2 aromatic rings. The van der Waals surface area contributed by atoms with E-state index in [1.807, 2.05) is 23.9 Å². The molecule has 1 fully saturated rings. The van der Waals surface area contributed by atoms with Gasteiger partial charge in [-0.2, -0.15) is 11.8 Å². The molecule has 0 unspecified atom stereocenters. The Kier molecular flexibility index (Phi) is 3.48. The molecule has 1 aromatic heterocycles. The molecule has 21 heavy (non-hydrogen) atoms. The van der Waals surface area contributed by atoms with Crippen molar-refractivity contribution in [2.45, 2.75) is 43.9 Å². The van der Waals surface area contributed by atoms with Gasteiger partial charge < -0.3 is 9.67 Å². The molecule has 0 spiro atoms. The minimum atomic E-state index is -0.906. The minimum Gasteiger partial charge on any atom is -0.478 e. The van der Waals surface area contributed by atoms with Gasteiger partial charge in [-0.25, -0.2) is 9.78 Å². The summed E-state index contributed by atoms with van der Waals surface area (Å²) in [6, 6.07) is 5.43. The van der Waals surface area contributed by atoms with Gasteiger partial charge in [0.1, 0.15) is 11.3 Å². The van der Waals surface area contributed by atoms with E-state index >= 15 is 0 Å². The third-order valence-corrected chi connectivity index (χ3v) is 5.31. The maximum Gasteiger partial charge on any atom is 0.337 e. The van der Waals surface area contributed by atoms with Crippen LogP contribution in [-0.2, 0) is 6.54 Å². The van der Waals surface area contributed by atoms with Crippen LogP contribution in [0.1, 0.15) is 48.8 Å². The number of benzene rings is 1. The fraction of sp³-hybridized carbons (Fsp3) is 0.500. The van der Waals surface area contributed by atoms with Gasteiger partial charge in [-0.05, 0) is 45.1 Å². The molecule has 112 valence electrons. The fourth-order valence-corrected chi connectivity index (χ4v) is 2.86. The third kappa shape index (κ3) is 2.67. The molecular formula is C16H20N2O2S. The molecule has 1 aliphatic carbocycles. The summed E-state index contributed by atoms with van der Waals surface area (Å²) in [5.74, 6) is 0.647. The summed E-state index contributed by atoms with van der Waals surface area (Å²) >= 11 is 1.82. The molecule has 4 nitrogen and oxygen atoms in total. The predicted octanol–water partition coefficient (Wildman–Crippen LogP) is 3.75. The highest BCUT2D eigenvalue weighted by molar-refractivity contribution is 7.99. The summed E-state index contributed by atoms with van der Waals surface area (Å²) in [4.78, 5) is 16.1. The van der Waals surface area contributed by atoms with Crippen molar-refractivity contribution in [3.63, 3.8) is 0 Å². The van der Waals surface area contributed by atoms with E-state index in [1.165, 1.54) is 0 Å². The first kappa shape index (κ1) is 14.4. The van der Waals surface area contributed by atoms with Crippen molar-refractivity contribution in [2.24, 2.45) is 0 Å². The molecule has 0 atom stereocenters. The summed E-state index contributed by atoms with van der Waals surface area (Å²) in [7, 11) is 0. The van der Waals surface area contributed by atoms with Gasteiger partial charge in [0, 0.05) is 17.2 Å². The Morgan fingerprint density at radius 3 is 2.76 bits per heavy atom. The zero-order valence-corrected chi connectivity index (χ0v) is 13.4. The first-order valence-electron chi connectivity index (χ1n) is 7.20. The number of rotatable bonds is 5. The van der Waals surface area contributed by atoms with Crippen LogP contribution in [0.15, 0.2) is 18.2 Å². The van der Waals surface area contributed by atoms with E-state index in [1.54, 1.807) is 6.07 Å². The molecule has 1 N–H and O–H groups in total. The number of carbonyl (C=O) groups is 1. The third-order valence-electron chi connectivity index (χ3n) is 4.07. The lowest BCUT2D eigenvalue weighted by atomic mass is 10.1. The molecule has 1 heterocycles. The lowest BCUT2D eigenvalue weighted by Gasteiger charge is -2.24. The molecule has 0 bridgehead atoms. The van der Waals surface area contributed by atoms with Gasteiger partial charge in [0.25, 0.3) is 0 Å². The van der Waals surface area contributed by atoms with Gasteiger partial charge in [0.15, 0.2) is 0 Å². The van der Waals surface area contributed by atoms with Crippen LogP contribution in [0.4, 0.5) is 0 Å². The number of imidazole rings is 1. The first-order chi connectivity index (χ1) is 9.93. The Morgan fingerprint density at radius 1 is 1.48 bits per heavy atom. The molecule has 0 amide bonds. The standard InChI is InChI=1S/C16H20N2O2S/c1-16(2,21-3)9-18-12-6-4-5-11(15(19)20)13(12)17-14(18)10-7-8-10/h4-6,10H,7-9H2,1-3H3,(H,19,20). The van der Waals surface area contributed by atoms with Crippen LogP contribution >= 0.6 is 11.8 Å². The van der Waals surface area contributed by atoms with Crippen molar-refractivity contribution in [1.82, 2.24) is 9.55 Å². The van der Waals surface area contributed by atoms with Crippen LogP contribution in [0.5, 0.6) is 0 Å². The van der Waals surface area contributed by atoms with E-state index in [0.717, 1.165) is 30.7 Å². The molecule has 1 aromatic carbocycles. The van der Waals surface area contributed by atoms with E-state index in [2.05, 4.69) is 29.7 Å². The van der Waals surface area contributed by atoms with E-state index in [0.29, 0.717) is 17.0 Å². The van der Waals surface area contributed by atoms with Crippen molar-refractivity contribution in [1.29, 1.82) is 0 Å². The molecule has 1 saturated carbocycles. The van der Waals surface area contributed by atoms with Crippen molar-refractivity contribution in [2.75, 3.05) is 6.26 Å². The monoisotopic (exact) mass is 304 g/mol. The van der Waals surface area contributed by atoms with Crippen molar-refractivity contribution >= 4 is 28.8 Å². The van der Waals surface area contributed by atoms with E-state index in [-0.39, 0.29) is 4.75 Å². The first-order valence-corrected chi connectivity index (χ1v) is 8.43. The summed E-state index contributed by atoms with van der Waals surface area (Å²) in [5, 5.41) is 9.36. The Labute approximate surface area is 128 Å². The highest BCUT2D eigenvalue weighted by Gasteiger charge is 2.32. The normalized spacial score (nSPS) is 15.6. The minimum absolute atomic E-state index is 0.0937. The van der Waals surface area contributed by atoms with Crippen molar-refractivity contribution in [3.8, 4) is 0 Å². The number of carboxylic acids is 1. The predicted molar refractivity (Wildman–Crippen MR) is 86.3 cm³/mol. The van der Waals surface area contributed by atoms with Gasteiger partial charge in [0.2, 0.25) is 0 Å². The van der Waals surface area contributed by atoms with Gasteiger partial charge in [-0.3, -0.25) is 0 Å². The Hall–Kier alpha value is -1.49. The molecule has 5 heteroatoms. The highest BCUT2D eigenvalue weighted by Crippen LogP contribution is 2.42. The molecule has 0 aliphatic heterocycles. The number of fused-ring (bicyclic) bond motifs is 1. The number of carboxylic acid groups (broad SMARTS) is 1. The lowest BCUT2D eigenvalue weighted by molar-refractivity contribution is 0.0699. The summed E-state index contributed by atoms with van der Waals surface area (Å²) in [6.07, 6.45) is 4.43. The Morgan fingerprint density at radius 2 is 2.19 bits per heavy atom. The van der Waals surface area contributed by atoms with Crippen LogP contribution in [0.25, 0.3) is 11.0 Å². The van der Waals surface area contributed by atoms with Gasteiger partial charge >= 0.3 is 5.97 Å². The van der Waals surface area contributed by atoms with Crippen LogP contribution in [-0.4, -0.2) is 31.6 Å². The van der Waals surface area contributed by atoms with Crippen LogP contribution < -0.4 is 0 Å². The molecule has 0 saturated heterocycles. The average molecular weight is 304 g/mol. The topological polar surface area (TPSA) is 55.1 Å². The van der Waals surface area contributed by atoms with Crippen LogP contribution in [0.2, 0.25) is 0 Å². The zero-order valence-electron chi connectivity index (χ0n) is 12.6. The number of hydrogen-bond donors (Lipinski definition) is 1. The van der Waals surface area contributed by atoms with Crippen molar-refractivity contribution in [3.05, 3.63) is 29.6 Å². The maximum absolute atomic E-state index is 11.4. The molecular weight excluding hydrogens is 284 g/mol.